The lowest BCUT2D eigenvalue weighted by molar-refractivity contribution is 0.0777. The van der Waals surface area contributed by atoms with Gasteiger partial charge in [-0.25, -0.2) is 8.78 Å². The molecule has 0 saturated carbocycles. The van der Waals surface area contributed by atoms with Crippen LogP contribution in [0.25, 0.3) is 0 Å². The van der Waals surface area contributed by atoms with Gasteiger partial charge in [-0.05, 0) is 12.2 Å². The summed E-state index contributed by atoms with van der Waals surface area (Å²) in [5.41, 5.74) is 0. The van der Waals surface area contributed by atoms with E-state index >= 15 is 0 Å². The number of hydrogen-bond acceptors (Lipinski definition) is 2. The van der Waals surface area contributed by atoms with Crippen molar-refractivity contribution in [3.05, 3.63) is 0 Å². The van der Waals surface area contributed by atoms with Crippen LogP contribution in [-0.4, -0.2) is 18.1 Å². The van der Waals surface area contributed by atoms with E-state index in [-0.39, 0.29) is 5.05 Å². The van der Waals surface area contributed by atoms with Crippen LogP contribution in [0.15, 0.2) is 0 Å². The number of ether oxygens (including phenoxy) is 1. The highest BCUT2D eigenvalue weighted by atomic mass is 32.1. The smallest absolute Gasteiger partial charge is 0.272 e. The maximum atomic E-state index is 11.2. The monoisotopic (exact) mass is 140 g/mol. The summed E-state index contributed by atoms with van der Waals surface area (Å²) in [6, 6.07) is 0. The lowest BCUT2D eigenvalue weighted by Gasteiger charge is -1.99. The van der Waals surface area contributed by atoms with Crippen LogP contribution in [-0.2, 0) is 4.74 Å². The molecule has 4 heteroatoms. The van der Waals surface area contributed by atoms with Crippen molar-refractivity contribution < 1.29 is 13.5 Å². The molecule has 0 aliphatic heterocycles. The molecule has 0 rings (SSSR count). The van der Waals surface area contributed by atoms with E-state index in [1.807, 2.05) is 0 Å². The SMILES string of the molecule is CC(=S)OCC(F)F. The largest absolute Gasteiger partial charge is 0.481 e. The first kappa shape index (κ1) is 7.75. The van der Waals surface area contributed by atoms with E-state index in [2.05, 4.69) is 17.0 Å². The first-order chi connectivity index (χ1) is 3.63. The zero-order valence-electron chi connectivity index (χ0n) is 4.36. The van der Waals surface area contributed by atoms with E-state index in [9.17, 15) is 8.78 Å². The highest BCUT2D eigenvalue weighted by molar-refractivity contribution is 7.80. The van der Waals surface area contributed by atoms with Gasteiger partial charge in [0.25, 0.3) is 6.43 Å². The molecule has 0 amide bonds. The summed E-state index contributed by atoms with van der Waals surface area (Å²) in [7, 11) is 0. The highest BCUT2D eigenvalue weighted by Gasteiger charge is 2.00. The molecule has 0 fully saturated rings. The molecule has 1 nitrogen and oxygen atoms in total. The fraction of sp³-hybridized carbons (Fsp3) is 0.750. The Morgan fingerprint density at radius 1 is 1.75 bits per heavy atom. The molecule has 0 aromatic heterocycles. The Bertz CT molecular complexity index is 84.1. The molecule has 0 radical (unpaired) electrons. The number of rotatable bonds is 2. The van der Waals surface area contributed by atoms with Gasteiger partial charge in [0.05, 0.1) is 0 Å². The van der Waals surface area contributed by atoms with E-state index in [1.165, 1.54) is 6.92 Å². The third-order valence-electron chi connectivity index (χ3n) is 0.413. The molecule has 0 aromatic rings. The van der Waals surface area contributed by atoms with Crippen molar-refractivity contribution >= 4 is 17.3 Å². The van der Waals surface area contributed by atoms with Crippen LogP contribution < -0.4 is 0 Å². The molecule has 0 unspecified atom stereocenters. The van der Waals surface area contributed by atoms with E-state index in [0.29, 0.717) is 0 Å². The highest BCUT2D eigenvalue weighted by Crippen LogP contribution is 1.92. The number of alkyl halides is 2. The summed E-state index contributed by atoms with van der Waals surface area (Å²) in [4.78, 5) is 0. The molecular weight excluding hydrogens is 134 g/mol. The molecule has 0 bridgehead atoms. The summed E-state index contributed by atoms with van der Waals surface area (Å²) in [5.74, 6) is 0. The van der Waals surface area contributed by atoms with Crippen LogP contribution in [0.5, 0.6) is 0 Å². The van der Waals surface area contributed by atoms with Crippen LogP contribution in [0.2, 0.25) is 0 Å². The fourth-order valence-electron chi connectivity index (χ4n) is 0.180. The predicted molar refractivity (Wildman–Crippen MR) is 30.2 cm³/mol. The summed E-state index contributed by atoms with van der Waals surface area (Å²) >= 11 is 4.36. The summed E-state index contributed by atoms with van der Waals surface area (Å²) in [6.07, 6.45) is -2.42. The minimum Gasteiger partial charge on any atom is -0.481 e. The third-order valence-corrected chi connectivity index (χ3v) is 0.530. The van der Waals surface area contributed by atoms with Crippen molar-refractivity contribution in [2.24, 2.45) is 0 Å². The van der Waals surface area contributed by atoms with E-state index in [4.69, 9.17) is 0 Å². The van der Waals surface area contributed by atoms with E-state index in [1.54, 1.807) is 0 Å². The minimum absolute atomic E-state index is 0.158. The summed E-state index contributed by atoms with van der Waals surface area (Å²) < 4.78 is 26.7. The van der Waals surface area contributed by atoms with E-state index < -0.39 is 13.0 Å². The average Bonchev–Trinajstić information content (AvgIpc) is 1.61. The van der Waals surface area contributed by atoms with Gasteiger partial charge in [0, 0.05) is 6.92 Å². The second kappa shape index (κ2) is 3.72. The Hall–Kier alpha value is -0.250. The van der Waals surface area contributed by atoms with Crippen LogP contribution in [0.3, 0.4) is 0 Å². The molecule has 0 aliphatic rings. The second-order valence-electron chi connectivity index (χ2n) is 1.19. The van der Waals surface area contributed by atoms with Crippen molar-refractivity contribution in [1.82, 2.24) is 0 Å². The minimum atomic E-state index is -2.42. The lowest BCUT2D eigenvalue weighted by Crippen LogP contribution is -2.06. The quantitative estimate of drug-likeness (QED) is 0.539. The van der Waals surface area contributed by atoms with Gasteiger partial charge in [-0.2, -0.15) is 0 Å². The van der Waals surface area contributed by atoms with Gasteiger partial charge in [0.15, 0.2) is 5.05 Å². The zero-order valence-corrected chi connectivity index (χ0v) is 5.17. The van der Waals surface area contributed by atoms with Crippen LogP contribution in [0.4, 0.5) is 8.78 Å². The zero-order chi connectivity index (χ0) is 6.57. The van der Waals surface area contributed by atoms with Crippen LogP contribution >= 0.6 is 12.2 Å². The van der Waals surface area contributed by atoms with Gasteiger partial charge < -0.3 is 4.74 Å². The number of halogens is 2. The molecule has 0 aliphatic carbocycles. The summed E-state index contributed by atoms with van der Waals surface area (Å²) in [6.45, 7) is 0.868. The standard InChI is InChI=1S/C4H6F2OS/c1-3(8)7-2-4(5)6/h4H,2H2,1H3. The Balaban J connectivity index is 3.05. The fourth-order valence-corrected chi connectivity index (χ4v) is 0.248. The molecule has 0 saturated heterocycles. The Morgan fingerprint density at radius 2 is 2.25 bits per heavy atom. The Labute approximate surface area is 51.6 Å². The van der Waals surface area contributed by atoms with Crippen LogP contribution in [0.1, 0.15) is 6.92 Å². The van der Waals surface area contributed by atoms with Crippen molar-refractivity contribution in [1.29, 1.82) is 0 Å². The van der Waals surface area contributed by atoms with Crippen molar-refractivity contribution in [2.45, 2.75) is 13.3 Å². The normalized spacial score (nSPS) is 9.50. The van der Waals surface area contributed by atoms with Gasteiger partial charge >= 0.3 is 0 Å². The number of thiocarbonyl (C=S) groups is 1. The first-order valence-electron chi connectivity index (χ1n) is 2.04. The van der Waals surface area contributed by atoms with Gasteiger partial charge in [-0.15, -0.1) is 0 Å². The molecule has 0 spiro atoms. The molecule has 48 valence electrons. The molecule has 0 N–H and O–H groups in total. The molecular formula is C4H6F2OS. The maximum Gasteiger partial charge on any atom is 0.272 e. The first-order valence-corrected chi connectivity index (χ1v) is 2.45. The topological polar surface area (TPSA) is 9.23 Å². The number of hydrogen-bond donors (Lipinski definition) is 0. The average molecular weight is 140 g/mol. The van der Waals surface area contributed by atoms with Gasteiger partial charge in [0.1, 0.15) is 6.61 Å². The van der Waals surface area contributed by atoms with E-state index in [0.717, 1.165) is 0 Å². The summed E-state index contributed by atoms with van der Waals surface area (Å²) in [5, 5.41) is 0.158. The molecule has 8 heavy (non-hydrogen) atoms. The van der Waals surface area contributed by atoms with Crippen molar-refractivity contribution in [3.8, 4) is 0 Å². The van der Waals surface area contributed by atoms with Crippen molar-refractivity contribution in [2.75, 3.05) is 6.61 Å². The molecule has 0 aromatic carbocycles. The van der Waals surface area contributed by atoms with Gasteiger partial charge in [0.2, 0.25) is 0 Å². The Kier molecular flexibility index (Phi) is 3.60. The maximum absolute atomic E-state index is 11.2. The molecule has 0 atom stereocenters. The third kappa shape index (κ3) is 5.75. The second-order valence-corrected chi connectivity index (χ2v) is 1.77. The van der Waals surface area contributed by atoms with Crippen molar-refractivity contribution in [3.63, 3.8) is 0 Å². The van der Waals surface area contributed by atoms with Gasteiger partial charge in [-0.1, -0.05) is 0 Å². The molecule has 0 heterocycles. The van der Waals surface area contributed by atoms with Crippen LogP contribution in [0, 0.1) is 0 Å². The van der Waals surface area contributed by atoms with Gasteiger partial charge in [-0.3, -0.25) is 0 Å². The Morgan fingerprint density at radius 3 is 2.38 bits per heavy atom. The predicted octanol–water partition coefficient (Wildman–Crippen LogP) is 1.62. The lowest BCUT2D eigenvalue weighted by atomic mass is 10.7.